The Morgan fingerprint density at radius 3 is 2.55 bits per heavy atom. The predicted molar refractivity (Wildman–Crippen MR) is 92.3 cm³/mol. The molecule has 0 aliphatic rings. The van der Waals surface area contributed by atoms with Crippen LogP contribution in [0.15, 0.2) is 53.0 Å². The van der Waals surface area contributed by atoms with Gasteiger partial charge in [-0.2, -0.15) is 0 Å². The van der Waals surface area contributed by atoms with Gasteiger partial charge in [-0.3, -0.25) is 9.59 Å². The number of hydrogen-bond donors (Lipinski definition) is 1. The minimum Gasteiger partial charge on any atom is -0.323 e. The number of carbonyl (C=O) groups excluding carboxylic acids is 2. The average Bonchev–Trinajstić information content (AvgIpc) is 2.47. The number of rotatable bonds is 4. The number of carbonyl (C=O) groups is 2. The summed E-state index contributed by atoms with van der Waals surface area (Å²) in [5, 5.41) is 3.15. The van der Waals surface area contributed by atoms with Crippen molar-refractivity contribution in [3.63, 3.8) is 0 Å². The quantitative estimate of drug-likeness (QED) is 0.867. The lowest BCUT2D eigenvalue weighted by Gasteiger charge is -2.21. The zero-order valence-corrected chi connectivity index (χ0v) is 14.2. The molecule has 114 valence electrons. The van der Waals surface area contributed by atoms with Gasteiger partial charge in [-0.1, -0.05) is 45.7 Å². The highest BCUT2D eigenvalue weighted by atomic mass is 79.9. The third-order valence-electron chi connectivity index (χ3n) is 2.95. The van der Waals surface area contributed by atoms with E-state index in [1.807, 2.05) is 6.07 Å². The Morgan fingerprint density at radius 1 is 1.18 bits per heavy atom. The number of anilines is 2. The van der Waals surface area contributed by atoms with E-state index in [4.69, 9.17) is 11.6 Å². The fourth-order valence-electron chi connectivity index (χ4n) is 1.92. The van der Waals surface area contributed by atoms with Crippen molar-refractivity contribution in [2.24, 2.45) is 0 Å². The van der Waals surface area contributed by atoms with E-state index in [0.717, 1.165) is 4.47 Å². The van der Waals surface area contributed by atoms with E-state index in [2.05, 4.69) is 21.2 Å². The molecule has 2 amide bonds. The molecule has 0 fully saturated rings. The summed E-state index contributed by atoms with van der Waals surface area (Å²) in [4.78, 5) is 25.4. The van der Waals surface area contributed by atoms with Crippen LogP contribution in [0.2, 0.25) is 5.02 Å². The van der Waals surface area contributed by atoms with E-state index in [0.29, 0.717) is 16.4 Å². The fourth-order valence-corrected chi connectivity index (χ4v) is 2.49. The van der Waals surface area contributed by atoms with Crippen LogP contribution in [-0.4, -0.2) is 18.4 Å². The fraction of sp³-hybridized carbons (Fsp3) is 0.125. The topological polar surface area (TPSA) is 49.4 Å². The maximum absolute atomic E-state index is 12.2. The van der Waals surface area contributed by atoms with Gasteiger partial charge >= 0.3 is 0 Å². The molecule has 4 nitrogen and oxygen atoms in total. The molecule has 0 saturated carbocycles. The van der Waals surface area contributed by atoms with Gasteiger partial charge in [-0.05, 0) is 30.3 Å². The van der Waals surface area contributed by atoms with Crippen molar-refractivity contribution in [2.45, 2.75) is 6.92 Å². The summed E-state index contributed by atoms with van der Waals surface area (Å²) in [5.74, 6) is -0.532. The van der Waals surface area contributed by atoms with Crippen LogP contribution < -0.4 is 10.2 Å². The SMILES string of the molecule is CC(=O)N(CC(=O)Nc1ccccc1Cl)c1cccc(Br)c1. The number of hydrogen-bond acceptors (Lipinski definition) is 2. The van der Waals surface area contributed by atoms with E-state index in [9.17, 15) is 9.59 Å². The lowest BCUT2D eigenvalue weighted by molar-refractivity contribution is -0.120. The van der Waals surface area contributed by atoms with Gasteiger partial charge in [0.05, 0.1) is 10.7 Å². The van der Waals surface area contributed by atoms with E-state index in [1.54, 1.807) is 42.5 Å². The molecule has 0 bridgehead atoms. The van der Waals surface area contributed by atoms with Gasteiger partial charge in [0, 0.05) is 17.1 Å². The van der Waals surface area contributed by atoms with Gasteiger partial charge in [-0.25, -0.2) is 0 Å². The molecule has 0 atom stereocenters. The first-order chi connectivity index (χ1) is 10.5. The number of benzene rings is 2. The van der Waals surface area contributed by atoms with E-state index < -0.39 is 0 Å². The molecule has 2 rings (SSSR count). The summed E-state index contributed by atoms with van der Waals surface area (Å²) in [5.41, 5.74) is 1.17. The molecule has 2 aromatic rings. The van der Waals surface area contributed by atoms with E-state index >= 15 is 0 Å². The molecule has 0 aliphatic carbocycles. The van der Waals surface area contributed by atoms with Gasteiger partial charge < -0.3 is 10.2 Å². The highest BCUT2D eigenvalue weighted by Gasteiger charge is 2.16. The van der Waals surface area contributed by atoms with E-state index in [-0.39, 0.29) is 18.4 Å². The molecule has 0 heterocycles. The highest BCUT2D eigenvalue weighted by Crippen LogP contribution is 2.22. The van der Waals surface area contributed by atoms with Crippen molar-refractivity contribution < 1.29 is 9.59 Å². The molecule has 0 aromatic heterocycles. The zero-order chi connectivity index (χ0) is 16.1. The third-order valence-corrected chi connectivity index (χ3v) is 3.77. The summed E-state index contributed by atoms with van der Waals surface area (Å²) >= 11 is 9.36. The number of halogens is 2. The Hall–Kier alpha value is -1.85. The average molecular weight is 382 g/mol. The maximum atomic E-state index is 12.2. The lowest BCUT2D eigenvalue weighted by Crippen LogP contribution is -2.36. The molecule has 6 heteroatoms. The Morgan fingerprint density at radius 2 is 1.91 bits per heavy atom. The molecule has 0 spiro atoms. The molecular weight excluding hydrogens is 368 g/mol. The van der Waals surface area contributed by atoms with Crippen LogP contribution in [0.4, 0.5) is 11.4 Å². The van der Waals surface area contributed by atoms with Gasteiger partial charge in [0.15, 0.2) is 0 Å². The van der Waals surface area contributed by atoms with Crippen LogP contribution in [0.3, 0.4) is 0 Å². The standard InChI is InChI=1S/C16H14BrClN2O2/c1-11(21)20(13-6-4-5-12(17)9-13)10-16(22)19-15-8-3-2-7-14(15)18/h2-9H,10H2,1H3,(H,19,22). The number of nitrogens with zero attached hydrogens (tertiary/aromatic N) is 1. The Balaban J connectivity index is 2.13. The smallest absolute Gasteiger partial charge is 0.244 e. The largest absolute Gasteiger partial charge is 0.323 e. The number of nitrogens with one attached hydrogen (secondary N) is 1. The summed E-state index contributed by atoms with van der Waals surface area (Å²) in [6.07, 6.45) is 0. The van der Waals surface area contributed by atoms with Gasteiger partial charge in [0.2, 0.25) is 11.8 Å². The second kappa shape index (κ2) is 7.42. The third kappa shape index (κ3) is 4.32. The van der Waals surface area contributed by atoms with Gasteiger partial charge in [0.25, 0.3) is 0 Å². The lowest BCUT2D eigenvalue weighted by atomic mass is 10.2. The summed E-state index contributed by atoms with van der Waals surface area (Å²) in [7, 11) is 0. The minimum atomic E-state index is -0.316. The Labute approximate surface area is 142 Å². The van der Waals surface area contributed by atoms with Gasteiger partial charge in [0.1, 0.15) is 6.54 Å². The molecule has 2 aromatic carbocycles. The first-order valence-corrected chi connectivity index (χ1v) is 7.72. The second-order valence-corrected chi connectivity index (χ2v) is 5.94. The molecular formula is C16H14BrClN2O2. The highest BCUT2D eigenvalue weighted by molar-refractivity contribution is 9.10. The van der Waals surface area contributed by atoms with Crippen molar-refractivity contribution in [3.8, 4) is 0 Å². The van der Waals surface area contributed by atoms with Crippen molar-refractivity contribution >= 4 is 50.7 Å². The first kappa shape index (κ1) is 16.5. The number of amides is 2. The van der Waals surface area contributed by atoms with Crippen LogP contribution in [-0.2, 0) is 9.59 Å². The van der Waals surface area contributed by atoms with Crippen molar-refractivity contribution in [2.75, 3.05) is 16.8 Å². The number of para-hydroxylation sites is 1. The molecule has 0 aliphatic heterocycles. The second-order valence-electron chi connectivity index (χ2n) is 4.61. The Kier molecular flexibility index (Phi) is 5.57. The summed E-state index contributed by atoms with van der Waals surface area (Å²) < 4.78 is 0.836. The predicted octanol–water partition coefficient (Wildman–Crippen LogP) is 4.09. The van der Waals surface area contributed by atoms with Crippen molar-refractivity contribution in [3.05, 3.63) is 58.0 Å². The maximum Gasteiger partial charge on any atom is 0.244 e. The van der Waals surface area contributed by atoms with Gasteiger partial charge in [-0.15, -0.1) is 0 Å². The van der Waals surface area contributed by atoms with Crippen LogP contribution in [0.25, 0.3) is 0 Å². The van der Waals surface area contributed by atoms with Crippen LogP contribution in [0.5, 0.6) is 0 Å². The van der Waals surface area contributed by atoms with Crippen molar-refractivity contribution in [1.29, 1.82) is 0 Å². The van der Waals surface area contributed by atoms with Crippen LogP contribution in [0, 0.1) is 0 Å². The van der Waals surface area contributed by atoms with Crippen LogP contribution >= 0.6 is 27.5 Å². The summed E-state index contributed by atoms with van der Waals surface area (Å²) in [6.45, 7) is 1.33. The van der Waals surface area contributed by atoms with Crippen molar-refractivity contribution in [1.82, 2.24) is 0 Å². The van der Waals surface area contributed by atoms with E-state index in [1.165, 1.54) is 11.8 Å². The Bertz CT molecular complexity index is 706. The molecule has 0 radical (unpaired) electrons. The zero-order valence-electron chi connectivity index (χ0n) is 11.8. The minimum absolute atomic E-state index is 0.0863. The van der Waals surface area contributed by atoms with Crippen LogP contribution in [0.1, 0.15) is 6.92 Å². The molecule has 22 heavy (non-hydrogen) atoms. The molecule has 0 saturated heterocycles. The first-order valence-electron chi connectivity index (χ1n) is 6.55. The molecule has 0 unspecified atom stereocenters. The monoisotopic (exact) mass is 380 g/mol. The molecule has 1 N–H and O–H groups in total. The summed E-state index contributed by atoms with van der Waals surface area (Å²) in [6, 6.07) is 14.2. The normalized spacial score (nSPS) is 10.1.